The molecule has 0 saturated carbocycles. The number of nitrogens with one attached hydrogen (secondary N) is 1. The van der Waals surface area contributed by atoms with Gasteiger partial charge >= 0.3 is 0 Å². The van der Waals surface area contributed by atoms with Crippen LogP contribution >= 0.6 is 0 Å². The number of hydrogen-bond donors (Lipinski definition) is 1. The molecular weight excluding hydrogens is 252 g/mol. The molecule has 2 heterocycles. The molecule has 1 saturated heterocycles. The number of rotatable bonds is 4. The number of piperidine rings is 1. The van der Waals surface area contributed by atoms with E-state index in [9.17, 15) is 0 Å². The van der Waals surface area contributed by atoms with Crippen LogP contribution in [0.25, 0.3) is 0 Å². The number of hydrogen-bond acceptors (Lipinski definition) is 4. The Hall–Kier alpha value is -1.26. The summed E-state index contributed by atoms with van der Waals surface area (Å²) in [5, 5.41) is 3.75. The van der Waals surface area contributed by atoms with E-state index < -0.39 is 0 Å². The standard InChI is InChI=1S/C16H24N2O2/c1-3-18-8-6-14(7-9-18)17-12(2)13-4-5-15-16(10-13)20-11-19-15/h4-5,10,12,14,17H,3,6-9,11H2,1-2H3. The molecule has 110 valence electrons. The maximum Gasteiger partial charge on any atom is 0.231 e. The van der Waals surface area contributed by atoms with E-state index in [1.807, 2.05) is 6.07 Å². The topological polar surface area (TPSA) is 33.7 Å². The molecule has 0 aliphatic carbocycles. The van der Waals surface area contributed by atoms with Crippen LogP contribution in [0.4, 0.5) is 0 Å². The van der Waals surface area contributed by atoms with Gasteiger partial charge in [0.1, 0.15) is 0 Å². The van der Waals surface area contributed by atoms with E-state index in [4.69, 9.17) is 9.47 Å². The summed E-state index contributed by atoms with van der Waals surface area (Å²) in [6.45, 7) is 8.40. The van der Waals surface area contributed by atoms with Crippen molar-refractivity contribution in [2.45, 2.75) is 38.8 Å². The Morgan fingerprint density at radius 3 is 2.75 bits per heavy atom. The minimum Gasteiger partial charge on any atom is -0.454 e. The molecule has 0 aromatic heterocycles. The molecule has 0 amide bonds. The second-order valence-corrected chi connectivity index (χ2v) is 5.71. The minimum absolute atomic E-state index is 0.343. The van der Waals surface area contributed by atoms with E-state index in [0.29, 0.717) is 18.9 Å². The van der Waals surface area contributed by atoms with Crippen LogP contribution in [0.3, 0.4) is 0 Å². The summed E-state index contributed by atoms with van der Waals surface area (Å²) in [6, 6.07) is 7.21. The molecule has 4 heteroatoms. The van der Waals surface area contributed by atoms with Gasteiger partial charge in [0.05, 0.1) is 0 Å². The van der Waals surface area contributed by atoms with Crippen LogP contribution in [0, 0.1) is 0 Å². The lowest BCUT2D eigenvalue weighted by molar-refractivity contribution is 0.174. The molecule has 20 heavy (non-hydrogen) atoms. The SMILES string of the molecule is CCN1CCC(NC(C)c2ccc3c(c2)OCO3)CC1. The molecule has 1 unspecified atom stereocenters. The molecule has 4 nitrogen and oxygen atoms in total. The van der Waals surface area contributed by atoms with Gasteiger partial charge in [-0.1, -0.05) is 13.0 Å². The van der Waals surface area contributed by atoms with Crippen molar-refractivity contribution >= 4 is 0 Å². The summed E-state index contributed by atoms with van der Waals surface area (Å²) >= 11 is 0. The van der Waals surface area contributed by atoms with E-state index in [-0.39, 0.29) is 0 Å². The van der Waals surface area contributed by atoms with Gasteiger partial charge in [0.25, 0.3) is 0 Å². The van der Waals surface area contributed by atoms with Crippen LogP contribution in [0.5, 0.6) is 11.5 Å². The second-order valence-electron chi connectivity index (χ2n) is 5.71. The van der Waals surface area contributed by atoms with Gasteiger partial charge in [-0.2, -0.15) is 0 Å². The van der Waals surface area contributed by atoms with E-state index in [1.165, 1.54) is 38.0 Å². The number of fused-ring (bicyclic) bond motifs is 1. The number of benzene rings is 1. The Morgan fingerprint density at radius 1 is 1.25 bits per heavy atom. The molecule has 2 aliphatic rings. The first-order chi connectivity index (χ1) is 9.76. The third kappa shape index (κ3) is 2.91. The fourth-order valence-electron chi connectivity index (χ4n) is 3.05. The fourth-order valence-corrected chi connectivity index (χ4v) is 3.05. The van der Waals surface area contributed by atoms with Crippen LogP contribution in [0.15, 0.2) is 18.2 Å². The molecule has 1 aromatic rings. The van der Waals surface area contributed by atoms with Crippen LogP contribution in [0.1, 0.15) is 38.3 Å². The zero-order chi connectivity index (χ0) is 13.9. The van der Waals surface area contributed by atoms with Crippen molar-refractivity contribution in [3.63, 3.8) is 0 Å². The third-order valence-corrected chi connectivity index (χ3v) is 4.42. The van der Waals surface area contributed by atoms with Crippen molar-refractivity contribution in [1.29, 1.82) is 0 Å². The third-order valence-electron chi connectivity index (χ3n) is 4.42. The molecule has 1 atom stereocenters. The molecule has 1 aromatic carbocycles. The van der Waals surface area contributed by atoms with Crippen LogP contribution in [-0.2, 0) is 0 Å². The molecular formula is C16H24N2O2. The first-order valence-electron chi connectivity index (χ1n) is 7.64. The largest absolute Gasteiger partial charge is 0.454 e. The zero-order valence-electron chi connectivity index (χ0n) is 12.4. The van der Waals surface area contributed by atoms with Crippen molar-refractivity contribution in [2.75, 3.05) is 26.4 Å². The highest BCUT2D eigenvalue weighted by Crippen LogP contribution is 2.34. The summed E-state index contributed by atoms with van der Waals surface area (Å²) in [5.74, 6) is 1.73. The molecule has 2 aliphatic heterocycles. The average Bonchev–Trinajstić information content (AvgIpc) is 2.95. The Labute approximate surface area is 121 Å². The maximum atomic E-state index is 5.45. The minimum atomic E-state index is 0.343. The lowest BCUT2D eigenvalue weighted by atomic mass is 10.0. The highest BCUT2D eigenvalue weighted by molar-refractivity contribution is 5.45. The monoisotopic (exact) mass is 276 g/mol. The van der Waals surface area contributed by atoms with Crippen LogP contribution in [0.2, 0.25) is 0 Å². The van der Waals surface area contributed by atoms with Gasteiger partial charge in [-0.15, -0.1) is 0 Å². The van der Waals surface area contributed by atoms with Crippen LogP contribution < -0.4 is 14.8 Å². The summed E-state index contributed by atoms with van der Waals surface area (Å²) in [4.78, 5) is 2.52. The summed E-state index contributed by atoms with van der Waals surface area (Å²) in [5.41, 5.74) is 1.27. The predicted octanol–water partition coefficient (Wildman–Crippen LogP) is 2.55. The van der Waals surface area contributed by atoms with E-state index in [1.54, 1.807) is 0 Å². The van der Waals surface area contributed by atoms with Gasteiger partial charge in [-0.3, -0.25) is 0 Å². The van der Waals surface area contributed by atoms with E-state index in [2.05, 4.69) is 36.2 Å². The Morgan fingerprint density at radius 2 is 2.00 bits per heavy atom. The molecule has 0 spiro atoms. The summed E-state index contributed by atoms with van der Waals surface area (Å²) in [6.07, 6.45) is 2.48. The van der Waals surface area contributed by atoms with Crippen molar-refractivity contribution in [3.05, 3.63) is 23.8 Å². The van der Waals surface area contributed by atoms with E-state index >= 15 is 0 Å². The predicted molar refractivity (Wildman–Crippen MR) is 79.3 cm³/mol. The fraction of sp³-hybridized carbons (Fsp3) is 0.625. The quantitative estimate of drug-likeness (QED) is 0.916. The van der Waals surface area contributed by atoms with Gasteiger partial charge in [0, 0.05) is 12.1 Å². The first-order valence-corrected chi connectivity index (χ1v) is 7.64. The molecule has 0 bridgehead atoms. The Kier molecular flexibility index (Phi) is 4.13. The molecule has 1 N–H and O–H groups in total. The van der Waals surface area contributed by atoms with Crippen molar-refractivity contribution in [1.82, 2.24) is 10.2 Å². The lowest BCUT2D eigenvalue weighted by Gasteiger charge is -2.33. The van der Waals surface area contributed by atoms with Gasteiger partial charge in [0.2, 0.25) is 6.79 Å². The van der Waals surface area contributed by atoms with Gasteiger partial charge in [0.15, 0.2) is 11.5 Å². The molecule has 3 rings (SSSR count). The van der Waals surface area contributed by atoms with Gasteiger partial charge in [-0.05, 0) is 57.1 Å². The summed E-state index contributed by atoms with van der Waals surface area (Å²) < 4.78 is 10.8. The van der Waals surface area contributed by atoms with Gasteiger partial charge < -0.3 is 19.7 Å². The van der Waals surface area contributed by atoms with Crippen molar-refractivity contribution in [3.8, 4) is 11.5 Å². The van der Waals surface area contributed by atoms with Crippen LogP contribution in [-0.4, -0.2) is 37.4 Å². The van der Waals surface area contributed by atoms with Gasteiger partial charge in [-0.25, -0.2) is 0 Å². The summed E-state index contributed by atoms with van der Waals surface area (Å²) in [7, 11) is 0. The normalized spacial score (nSPS) is 21.1. The van der Waals surface area contributed by atoms with Crippen molar-refractivity contribution < 1.29 is 9.47 Å². The lowest BCUT2D eigenvalue weighted by Crippen LogP contribution is -2.43. The number of nitrogens with zero attached hydrogens (tertiary/aromatic N) is 1. The molecule has 0 radical (unpaired) electrons. The first kappa shape index (κ1) is 13.7. The highest BCUT2D eigenvalue weighted by Gasteiger charge is 2.21. The smallest absolute Gasteiger partial charge is 0.231 e. The highest BCUT2D eigenvalue weighted by atomic mass is 16.7. The Bertz CT molecular complexity index is 456. The van der Waals surface area contributed by atoms with Crippen molar-refractivity contribution in [2.24, 2.45) is 0 Å². The second kappa shape index (κ2) is 6.02. The van der Waals surface area contributed by atoms with E-state index in [0.717, 1.165) is 11.5 Å². The molecule has 1 fully saturated rings. The maximum absolute atomic E-state index is 5.45. The number of ether oxygens (including phenoxy) is 2. The zero-order valence-corrected chi connectivity index (χ0v) is 12.4. The average molecular weight is 276 g/mol. The Balaban J connectivity index is 1.58. The number of likely N-dealkylation sites (tertiary alicyclic amines) is 1.